The maximum absolute atomic E-state index is 13.1. The molecule has 0 N–H and O–H groups in total. The zero-order valence-corrected chi connectivity index (χ0v) is 15.5. The second-order valence-electron chi connectivity index (χ2n) is 6.56. The summed E-state index contributed by atoms with van der Waals surface area (Å²) in [6.07, 6.45) is -1.01. The first-order valence-electron chi connectivity index (χ1n) is 9.15. The van der Waals surface area contributed by atoms with Gasteiger partial charge in [0.05, 0.1) is 0 Å². The first-order valence-corrected chi connectivity index (χ1v) is 9.15. The summed E-state index contributed by atoms with van der Waals surface area (Å²) < 4.78 is 5.24. The lowest BCUT2D eigenvalue weighted by Gasteiger charge is -2.22. The molecule has 29 heavy (non-hydrogen) atoms. The molecule has 1 fully saturated rings. The first-order chi connectivity index (χ1) is 14.1. The highest BCUT2D eigenvalue weighted by molar-refractivity contribution is 6.15. The Bertz CT molecular complexity index is 1020. The van der Waals surface area contributed by atoms with Crippen LogP contribution in [0.5, 0.6) is 5.75 Å². The van der Waals surface area contributed by atoms with Gasteiger partial charge in [0, 0.05) is 6.54 Å². The quantitative estimate of drug-likeness (QED) is 0.624. The minimum Gasteiger partial charge on any atom is -0.410 e. The van der Waals surface area contributed by atoms with Crippen molar-refractivity contribution in [1.29, 1.82) is 0 Å². The Morgan fingerprint density at radius 1 is 0.793 bits per heavy atom. The lowest BCUT2D eigenvalue weighted by Crippen LogP contribution is -2.39. The smallest absolute Gasteiger partial charge is 0.410 e. The summed E-state index contributed by atoms with van der Waals surface area (Å²) in [6.45, 7) is 0.195. The number of para-hydroxylation sites is 1. The molecule has 1 heterocycles. The molecule has 3 aromatic rings. The van der Waals surface area contributed by atoms with Crippen molar-refractivity contribution in [1.82, 2.24) is 9.80 Å². The van der Waals surface area contributed by atoms with Gasteiger partial charge in [0.2, 0.25) is 0 Å². The highest BCUT2D eigenvalue weighted by Crippen LogP contribution is 2.33. The minimum atomic E-state index is -1.01. The maximum Gasteiger partial charge on any atom is 0.430 e. The van der Waals surface area contributed by atoms with Crippen molar-refractivity contribution in [2.75, 3.05) is 0 Å². The van der Waals surface area contributed by atoms with Crippen molar-refractivity contribution in [2.24, 2.45) is 0 Å². The summed E-state index contributed by atoms with van der Waals surface area (Å²) in [7, 11) is 0. The van der Waals surface area contributed by atoms with Gasteiger partial charge in [-0.1, -0.05) is 78.9 Å². The normalized spacial score (nSPS) is 16.2. The molecule has 3 aromatic carbocycles. The van der Waals surface area contributed by atoms with Crippen LogP contribution in [0.1, 0.15) is 17.2 Å². The summed E-state index contributed by atoms with van der Waals surface area (Å²) in [5, 5.41) is 0. The lowest BCUT2D eigenvalue weighted by molar-refractivity contribution is -0.127. The van der Waals surface area contributed by atoms with Crippen molar-refractivity contribution in [3.8, 4) is 5.75 Å². The van der Waals surface area contributed by atoms with E-state index in [2.05, 4.69) is 0 Å². The number of carbonyl (C=O) groups excluding carboxylic acids is 3. The molecule has 1 aliphatic rings. The molecule has 4 amide bonds. The highest BCUT2D eigenvalue weighted by atomic mass is 16.6. The van der Waals surface area contributed by atoms with E-state index in [1.165, 1.54) is 4.90 Å². The van der Waals surface area contributed by atoms with Crippen LogP contribution in [0.3, 0.4) is 0 Å². The van der Waals surface area contributed by atoms with Gasteiger partial charge >= 0.3 is 12.1 Å². The minimum absolute atomic E-state index is 0.195. The van der Waals surface area contributed by atoms with Crippen LogP contribution >= 0.6 is 0 Å². The van der Waals surface area contributed by atoms with E-state index in [0.29, 0.717) is 10.5 Å². The molecule has 0 saturated carbocycles. The number of hydrogen-bond donors (Lipinski definition) is 0. The average molecular weight is 386 g/mol. The molecule has 0 bridgehead atoms. The number of benzene rings is 3. The van der Waals surface area contributed by atoms with Gasteiger partial charge in [0.1, 0.15) is 11.8 Å². The molecule has 0 radical (unpaired) electrons. The Kier molecular flexibility index (Phi) is 5.07. The first kappa shape index (κ1) is 18.4. The molecule has 4 rings (SSSR count). The largest absolute Gasteiger partial charge is 0.430 e. The zero-order chi connectivity index (χ0) is 20.2. The van der Waals surface area contributed by atoms with Crippen molar-refractivity contribution in [3.63, 3.8) is 0 Å². The molecule has 0 spiro atoms. The molecule has 1 unspecified atom stereocenters. The van der Waals surface area contributed by atoms with E-state index >= 15 is 0 Å². The predicted octanol–water partition coefficient (Wildman–Crippen LogP) is 4.39. The van der Waals surface area contributed by atoms with Gasteiger partial charge in [-0.25, -0.2) is 9.59 Å². The summed E-state index contributed by atoms with van der Waals surface area (Å²) in [5.41, 5.74) is 1.49. The van der Waals surface area contributed by atoms with Crippen LogP contribution < -0.4 is 4.74 Å². The predicted molar refractivity (Wildman–Crippen MR) is 106 cm³/mol. The second-order valence-corrected chi connectivity index (χ2v) is 6.56. The molecule has 1 aliphatic heterocycles. The number of carbonyl (C=O) groups is 3. The Morgan fingerprint density at radius 2 is 1.34 bits per heavy atom. The number of nitrogens with zero attached hydrogens (tertiary/aromatic N) is 2. The van der Waals surface area contributed by atoms with Crippen LogP contribution in [0.25, 0.3) is 0 Å². The monoisotopic (exact) mass is 386 g/mol. The maximum atomic E-state index is 13.1. The molecule has 144 valence electrons. The van der Waals surface area contributed by atoms with Gasteiger partial charge in [-0.2, -0.15) is 4.90 Å². The Hall–Kier alpha value is -3.93. The molecule has 6 heteroatoms. The van der Waals surface area contributed by atoms with Crippen molar-refractivity contribution >= 4 is 18.0 Å². The second kappa shape index (κ2) is 7.98. The number of rotatable bonds is 4. The zero-order valence-electron chi connectivity index (χ0n) is 15.5. The fourth-order valence-corrected chi connectivity index (χ4v) is 3.29. The number of ether oxygens (including phenoxy) is 1. The summed E-state index contributed by atoms with van der Waals surface area (Å²) >= 11 is 0. The van der Waals surface area contributed by atoms with Crippen LogP contribution in [-0.4, -0.2) is 27.8 Å². The van der Waals surface area contributed by atoms with Crippen molar-refractivity contribution in [2.45, 2.75) is 12.6 Å². The Labute approximate surface area is 167 Å². The molecule has 1 saturated heterocycles. The van der Waals surface area contributed by atoms with E-state index in [1.54, 1.807) is 54.6 Å². The van der Waals surface area contributed by atoms with Crippen LogP contribution in [-0.2, 0) is 11.3 Å². The third kappa shape index (κ3) is 3.73. The van der Waals surface area contributed by atoms with Gasteiger partial charge in [-0.3, -0.25) is 4.79 Å². The topological polar surface area (TPSA) is 66.9 Å². The standard InChI is InChI=1S/C23H18N2O4/c26-21-20(18-12-6-2-7-13-18)24(16-17-10-4-1-5-11-17)22(27)25(21)23(28)29-19-14-8-3-9-15-19/h1-15,20H,16H2. The van der Waals surface area contributed by atoms with Gasteiger partial charge in [-0.05, 0) is 23.3 Å². The van der Waals surface area contributed by atoms with Crippen LogP contribution in [0.4, 0.5) is 9.59 Å². The Balaban J connectivity index is 1.66. The van der Waals surface area contributed by atoms with Gasteiger partial charge < -0.3 is 9.64 Å². The van der Waals surface area contributed by atoms with Gasteiger partial charge in [0.25, 0.3) is 5.91 Å². The van der Waals surface area contributed by atoms with E-state index in [4.69, 9.17) is 4.74 Å². The van der Waals surface area contributed by atoms with E-state index in [9.17, 15) is 14.4 Å². The SMILES string of the molecule is O=C(Oc1ccccc1)N1C(=O)C(c2ccccc2)N(Cc2ccccc2)C1=O. The number of urea groups is 1. The lowest BCUT2D eigenvalue weighted by atomic mass is 10.1. The highest BCUT2D eigenvalue weighted by Gasteiger charge is 2.49. The molecule has 0 aromatic heterocycles. The van der Waals surface area contributed by atoms with Crippen molar-refractivity contribution in [3.05, 3.63) is 102 Å². The fourth-order valence-electron chi connectivity index (χ4n) is 3.29. The number of imide groups is 3. The van der Waals surface area contributed by atoms with Crippen LogP contribution in [0.15, 0.2) is 91.0 Å². The molecular formula is C23H18N2O4. The molecule has 1 atom stereocenters. The van der Waals surface area contributed by atoms with Crippen LogP contribution in [0, 0.1) is 0 Å². The fraction of sp³-hybridized carbons (Fsp3) is 0.0870. The van der Waals surface area contributed by atoms with E-state index in [-0.39, 0.29) is 12.3 Å². The third-order valence-corrected chi connectivity index (χ3v) is 4.64. The van der Waals surface area contributed by atoms with Crippen molar-refractivity contribution < 1.29 is 19.1 Å². The van der Waals surface area contributed by atoms with Gasteiger partial charge in [0.15, 0.2) is 0 Å². The summed E-state index contributed by atoms with van der Waals surface area (Å²) in [4.78, 5) is 40.8. The van der Waals surface area contributed by atoms with E-state index < -0.39 is 24.1 Å². The third-order valence-electron chi connectivity index (χ3n) is 4.64. The number of hydrogen-bond acceptors (Lipinski definition) is 4. The van der Waals surface area contributed by atoms with Gasteiger partial charge in [-0.15, -0.1) is 0 Å². The van der Waals surface area contributed by atoms with E-state index in [1.807, 2.05) is 36.4 Å². The Morgan fingerprint density at radius 3 is 1.97 bits per heavy atom. The molecular weight excluding hydrogens is 368 g/mol. The number of amides is 4. The molecule has 6 nitrogen and oxygen atoms in total. The summed E-state index contributed by atoms with van der Waals surface area (Å²) in [5.74, 6) is -0.367. The molecule has 0 aliphatic carbocycles. The average Bonchev–Trinajstić information content (AvgIpc) is 2.99. The summed E-state index contributed by atoms with van der Waals surface area (Å²) in [6, 6.07) is 25.0. The van der Waals surface area contributed by atoms with E-state index in [0.717, 1.165) is 5.56 Å². The van der Waals surface area contributed by atoms with Crippen LogP contribution in [0.2, 0.25) is 0 Å².